The minimum Gasteiger partial charge on any atom is -0.478 e. The van der Waals surface area contributed by atoms with Gasteiger partial charge in [-0.1, -0.05) is 13.8 Å². The van der Waals surface area contributed by atoms with E-state index in [1.165, 1.54) is 6.20 Å². The van der Waals surface area contributed by atoms with Crippen LogP contribution in [0.2, 0.25) is 0 Å². The monoisotopic (exact) mass is 352 g/mol. The molecule has 0 aliphatic carbocycles. The maximum Gasteiger partial charge on any atom is 0.339 e. The van der Waals surface area contributed by atoms with Crippen molar-refractivity contribution < 1.29 is 18.3 Å². The van der Waals surface area contributed by atoms with Crippen LogP contribution < -0.4 is 0 Å². The first kappa shape index (κ1) is 17.3. The molecular formula is C15H16N2O4S2. The number of nitrogens with zero attached hydrogens (tertiary/aromatic N) is 2. The summed E-state index contributed by atoms with van der Waals surface area (Å²) in [6.07, 6.45) is 5.80. The van der Waals surface area contributed by atoms with Gasteiger partial charge in [0.15, 0.2) is 15.7 Å². The topological polar surface area (TPSA) is 97.2 Å². The summed E-state index contributed by atoms with van der Waals surface area (Å²) in [5.74, 6) is -0.719. The summed E-state index contributed by atoms with van der Waals surface area (Å²) in [5.41, 5.74) is 0.558. The Labute approximate surface area is 138 Å². The van der Waals surface area contributed by atoms with Gasteiger partial charge < -0.3 is 5.11 Å². The Kier molecular flexibility index (Phi) is 4.96. The van der Waals surface area contributed by atoms with Gasteiger partial charge in [0.05, 0.1) is 11.3 Å². The highest BCUT2D eigenvalue weighted by Crippen LogP contribution is 2.23. The molecule has 6 nitrogen and oxygen atoms in total. The van der Waals surface area contributed by atoms with E-state index in [1.807, 2.05) is 13.8 Å². The van der Waals surface area contributed by atoms with E-state index < -0.39 is 15.8 Å². The standard InChI is InChI=1S/C15H16N2O4S2/c1-9(2)14-11(15(18)19)8-16-12(17-14)6-4-10-5-7-13(22-10)23(3,20)21/h4-9H,1-3H3,(H,18,19). The van der Waals surface area contributed by atoms with Crippen LogP contribution in [0.15, 0.2) is 22.5 Å². The van der Waals surface area contributed by atoms with Gasteiger partial charge in [-0.15, -0.1) is 11.3 Å². The number of hydrogen-bond donors (Lipinski definition) is 1. The molecule has 1 N–H and O–H groups in total. The van der Waals surface area contributed by atoms with E-state index in [0.29, 0.717) is 15.7 Å². The van der Waals surface area contributed by atoms with Crippen molar-refractivity contribution in [3.05, 3.63) is 40.3 Å². The van der Waals surface area contributed by atoms with E-state index in [0.717, 1.165) is 22.5 Å². The van der Waals surface area contributed by atoms with E-state index in [9.17, 15) is 13.2 Å². The number of carboxylic acid groups (broad SMARTS) is 1. The molecule has 0 atom stereocenters. The Balaban J connectivity index is 2.31. The van der Waals surface area contributed by atoms with Crippen LogP contribution in [0.1, 0.15) is 46.5 Å². The SMILES string of the molecule is CC(C)c1nc(C=Cc2ccc(S(C)(=O)=O)s2)ncc1C(=O)O. The molecule has 0 aromatic carbocycles. The molecule has 0 spiro atoms. The van der Waals surface area contributed by atoms with Gasteiger partial charge in [0.2, 0.25) is 0 Å². The zero-order valence-corrected chi connectivity index (χ0v) is 14.5. The number of hydrogen-bond acceptors (Lipinski definition) is 6. The fourth-order valence-electron chi connectivity index (χ4n) is 1.87. The first-order valence-corrected chi connectivity index (χ1v) is 9.47. The molecule has 2 heterocycles. The van der Waals surface area contributed by atoms with Crippen molar-refractivity contribution in [1.82, 2.24) is 9.97 Å². The lowest BCUT2D eigenvalue weighted by Gasteiger charge is -2.08. The Morgan fingerprint density at radius 1 is 1.30 bits per heavy atom. The van der Waals surface area contributed by atoms with Gasteiger partial charge in [-0.3, -0.25) is 0 Å². The van der Waals surface area contributed by atoms with E-state index in [2.05, 4.69) is 9.97 Å². The first-order chi connectivity index (χ1) is 10.7. The van der Waals surface area contributed by atoms with Crippen LogP contribution in [0.5, 0.6) is 0 Å². The molecule has 0 fully saturated rings. The maximum atomic E-state index is 11.4. The van der Waals surface area contributed by atoms with E-state index in [4.69, 9.17) is 5.11 Å². The second kappa shape index (κ2) is 6.59. The van der Waals surface area contributed by atoms with Crippen molar-refractivity contribution in [1.29, 1.82) is 0 Å². The van der Waals surface area contributed by atoms with Crippen LogP contribution in [-0.2, 0) is 9.84 Å². The minimum atomic E-state index is -3.21. The highest BCUT2D eigenvalue weighted by atomic mass is 32.2. The molecule has 0 unspecified atom stereocenters. The predicted octanol–water partition coefficient (Wildman–Crippen LogP) is 2.93. The van der Waals surface area contributed by atoms with E-state index in [1.54, 1.807) is 24.3 Å². The number of aromatic carboxylic acids is 1. The fourth-order valence-corrected chi connectivity index (χ4v) is 3.72. The van der Waals surface area contributed by atoms with Gasteiger partial charge in [-0.25, -0.2) is 23.2 Å². The Bertz CT molecular complexity index is 867. The number of thiophene rings is 1. The van der Waals surface area contributed by atoms with E-state index >= 15 is 0 Å². The summed E-state index contributed by atoms with van der Waals surface area (Å²) in [5, 5.41) is 9.14. The third-order valence-electron chi connectivity index (χ3n) is 2.98. The molecule has 23 heavy (non-hydrogen) atoms. The molecule has 0 saturated heterocycles. The van der Waals surface area contributed by atoms with Crippen LogP contribution >= 0.6 is 11.3 Å². The van der Waals surface area contributed by atoms with Gasteiger partial charge >= 0.3 is 5.97 Å². The third-order valence-corrected chi connectivity index (χ3v) is 5.85. The minimum absolute atomic E-state index is 0.0465. The average molecular weight is 352 g/mol. The molecule has 122 valence electrons. The van der Waals surface area contributed by atoms with Gasteiger partial charge in [0.1, 0.15) is 4.21 Å². The maximum absolute atomic E-state index is 11.4. The van der Waals surface area contributed by atoms with Crippen LogP contribution in [0, 0.1) is 0 Å². The number of carboxylic acids is 1. The molecule has 0 bridgehead atoms. The molecular weight excluding hydrogens is 336 g/mol. The summed E-state index contributed by atoms with van der Waals surface area (Å²) in [6, 6.07) is 3.25. The van der Waals surface area contributed by atoms with Crippen molar-refractivity contribution in [3.8, 4) is 0 Å². The van der Waals surface area contributed by atoms with Crippen molar-refractivity contribution in [2.24, 2.45) is 0 Å². The van der Waals surface area contributed by atoms with Gasteiger partial charge in [-0.05, 0) is 30.2 Å². The van der Waals surface area contributed by atoms with Crippen molar-refractivity contribution in [2.75, 3.05) is 6.26 Å². The highest BCUT2D eigenvalue weighted by Gasteiger charge is 2.15. The zero-order chi connectivity index (χ0) is 17.2. The number of rotatable bonds is 5. The van der Waals surface area contributed by atoms with Gasteiger partial charge in [0, 0.05) is 17.3 Å². The summed E-state index contributed by atoms with van der Waals surface area (Å²) >= 11 is 1.15. The second-order valence-corrected chi connectivity index (χ2v) is 8.61. The lowest BCUT2D eigenvalue weighted by atomic mass is 10.1. The van der Waals surface area contributed by atoms with Crippen molar-refractivity contribution in [3.63, 3.8) is 0 Å². The third kappa shape index (κ3) is 4.23. The first-order valence-electron chi connectivity index (χ1n) is 6.76. The predicted molar refractivity (Wildman–Crippen MR) is 89.4 cm³/mol. The number of carbonyl (C=O) groups is 1. The van der Waals surface area contributed by atoms with Gasteiger partial charge in [-0.2, -0.15) is 0 Å². The molecule has 0 aliphatic rings. The van der Waals surface area contributed by atoms with Crippen molar-refractivity contribution >= 4 is 39.3 Å². The molecule has 0 aliphatic heterocycles. The highest BCUT2D eigenvalue weighted by molar-refractivity contribution is 7.92. The lowest BCUT2D eigenvalue weighted by Crippen LogP contribution is -2.08. The molecule has 0 radical (unpaired) electrons. The largest absolute Gasteiger partial charge is 0.478 e. The van der Waals surface area contributed by atoms with Crippen LogP contribution in [-0.4, -0.2) is 35.7 Å². The van der Waals surface area contributed by atoms with Crippen LogP contribution in [0.3, 0.4) is 0 Å². The Morgan fingerprint density at radius 2 is 2.00 bits per heavy atom. The van der Waals surface area contributed by atoms with Crippen LogP contribution in [0.25, 0.3) is 12.2 Å². The molecule has 0 saturated carbocycles. The summed E-state index contributed by atoms with van der Waals surface area (Å²) in [7, 11) is -3.21. The zero-order valence-electron chi connectivity index (χ0n) is 12.8. The quantitative estimate of drug-likeness (QED) is 0.888. The lowest BCUT2D eigenvalue weighted by molar-refractivity contribution is 0.0694. The average Bonchev–Trinajstić information content (AvgIpc) is 2.93. The van der Waals surface area contributed by atoms with Crippen LogP contribution in [0.4, 0.5) is 0 Å². The number of aromatic nitrogens is 2. The second-order valence-electron chi connectivity index (χ2n) is 5.25. The molecule has 2 aromatic heterocycles. The Morgan fingerprint density at radius 3 is 2.52 bits per heavy atom. The number of sulfone groups is 1. The molecule has 8 heteroatoms. The fraction of sp³-hybridized carbons (Fsp3) is 0.267. The van der Waals surface area contributed by atoms with E-state index in [-0.39, 0.29) is 11.5 Å². The molecule has 2 aromatic rings. The van der Waals surface area contributed by atoms with Gasteiger partial charge in [0.25, 0.3) is 0 Å². The summed E-state index contributed by atoms with van der Waals surface area (Å²) in [4.78, 5) is 20.2. The normalized spacial score (nSPS) is 12.2. The van der Waals surface area contributed by atoms with Crippen molar-refractivity contribution in [2.45, 2.75) is 24.0 Å². The smallest absolute Gasteiger partial charge is 0.339 e. The molecule has 0 amide bonds. The Hall–Kier alpha value is -2.06. The summed E-state index contributed by atoms with van der Waals surface area (Å²) < 4.78 is 23.2. The molecule has 2 rings (SSSR count). The summed E-state index contributed by atoms with van der Waals surface area (Å²) in [6.45, 7) is 3.72.